The quantitative estimate of drug-likeness (QED) is 0.867. The van der Waals surface area contributed by atoms with Gasteiger partial charge in [0.15, 0.2) is 0 Å². The third-order valence-corrected chi connectivity index (χ3v) is 3.11. The number of rotatable bonds is 6. The lowest BCUT2D eigenvalue weighted by molar-refractivity contribution is -0.0120. The smallest absolute Gasteiger partial charge is 0.240 e. The summed E-state index contributed by atoms with van der Waals surface area (Å²) in [4.78, 5) is 4.30. The molecule has 0 aliphatic carbocycles. The van der Waals surface area contributed by atoms with Gasteiger partial charge in [-0.25, -0.2) is 0 Å². The van der Waals surface area contributed by atoms with Crippen molar-refractivity contribution in [2.24, 2.45) is 5.92 Å². The third kappa shape index (κ3) is 4.56. The first kappa shape index (κ1) is 14.9. The fourth-order valence-corrected chi connectivity index (χ4v) is 1.99. The van der Waals surface area contributed by atoms with Gasteiger partial charge in [-0.3, -0.25) is 0 Å². The van der Waals surface area contributed by atoms with E-state index in [0.29, 0.717) is 36.6 Å². The summed E-state index contributed by atoms with van der Waals surface area (Å²) in [5.74, 6) is 1.41. The normalized spacial score (nSPS) is 19.1. The molecule has 0 bridgehead atoms. The van der Waals surface area contributed by atoms with Crippen molar-refractivity contribution >= 4 is 5.69 Å². The Labute approximate surface area is 120 Å². The Morgan fingerprint density at radius 3 is 2.90 bits per heavy atom. The monoisotopic (exact) mass is 280 g/mol. The molecule has 112 valence electrons. The predicted octanol–water partition coefficient (Wildman–Crippen LogP) is 2.65. The van der Waals surface area contributed by atoms with E-state index in [-0.39, 0.29) is 6.10 Å². The van der Waals surface area contributed by atoms with Gasteiger partial charge in [0.25, 0.3) is 0 Å². The third-order valence-electron chi connectivity index (χ3n) is 3.11. The standard InChI is InChI=1S/C15H24N2O3/c1-11(2)9-20-15-13(16)6-7-14(17-15)19-10-12-5-3-4-8-18-12/h6-7,11-12H,3-5,8-10,16H2,1-2H3. The first-order valence-corrected chi connectivity index (χ1v) is 7.29. The van der Waals surface area contributed by atoms with Gasteiger partial charge < -0.3 is 19.9 Å². The van der Waals surface area contributed by atoms with Crippen LogP contribution in [0.3, 0.4) is 0 Å². The Hall–Kier alpha value is -1.49. The summed E-state index contributed by atoms with van der Waals surface area (Å²) in [7, 11) is 0. The Balaban J connectivity index is 1.89. The van der Waals surface area contributed by atoms with Gasteiger partial charge in [0.05, 0.1) is 18.4 Å². The first-order valence-electron chi connectivity index (χ1n) is 7.29. The molecule has 2 rings (SSSR count). The summed E-state index contributed by atoms with van der Waals surface area (Å²) in [5, 5.41) is 0. The first-order chi connectivity index (χ1) is 9.65. The second kappa shape index (κ2) is 7.33. The Morgan fingerprint density at radius 1 is 1.35 bits per heavy atom. The molecule has 5 nitrogen and oxygen atoms in total. The number of nitrogens with zero attached hydrogens (tertiary/aromatic N) is 1. The lowest BCUT2D eigenvalue weighted by Gasteiger charge is -2.22. The van der Waals surface area contributed by atoms with E-state index in [1.54, 1.807) is 12.1 Å². The molecule has 0 saturated carbocycles. The van der Waals surface area contributed by atoms with Gasteiger partial charge in [0, 0.05) is 12.7 Å². The van der Waals surface area contributed by atoms with Crippen LogP contribution in [-0.4, -0.2) is 30.9 Å². The summed E-state index contributed by atoms with van der Waals surface area (Å²) in [6.07, 6.45) is 3.56. The fraction of sp³-hybridized carbons (Fsp3) is 0.667. The van der Waals surface area contributed by atoms with Crippen LogP contribution >= 0.6 is 0 Å². The maximum Gasteiger partial charge on any atom is 0.240 e. The van der Waals surface area contributed by atoms with Crippen molar-refractivity contribution in [2.45, 2.75) is 39.2 Å². The minimum Gasteiger partial charge on any atom is -0.476 e. The van der Waals surface area contributed by atoms with E-state index in [4.69, 9.17) is 19.9 Å². The minimum atomic E-state index is 0.170. The minimum absolute atomic E-state index is 0.170. The molecule has 1 aromatic rings. The molecular weight excluding hydrogens is 256 g/mol. The number of hydrogen-bond acceptors (Lipinski definition) is 5. The van der Waals surface area contributed by atoms with Crippen molar-refractivity contribution in [1.82, 2.24) is 4.98 Å². The van der Waals surface area contributed by atoms with Crippen LogP contribution in [0.2, 0.25) is 0 Å². The van der Waals surface area contributed by atoms with Gasteiger partial charge in [0.1, 0.15) is 6.61 Å². The van der Waals surface area contributed by atoms with Crippen LogP contribution in [-0.2, 0) is 4.74 Å². The van der Waals surface area contributed by atoms with Gasteiger partial charge in [-0.05, 0) is 31.2 Å². The van der Waals surface area contributed by atoms with Gasteiger partial charge in [0.2, 0.25) is 11.8 Å². The van der Waals surface area contributed by atoms with Crippen molar-refractivity contribution in [3.63, 3.8) is 0 Å². The van der Waals surface area contributed by atoms with Gasteiger partial charge in [-0.2, -0.15) is 4.98 Å². The van der Waals surface area contributed by atoms with E-state index in [1.165, 1.54) is 6.42 Å². The zero-order valence-electron chi connectivity index (χ0n) is 12.3. The molecule has 1 aromatic heterocycles. The SMILES string of the molecule is CC(C)COc1nc(OCC2CCCCO2)ccc1N. The van der Waals surface area contributed by atoms with Crippen molar-refractivity contribution in [3.8, 4) is 11.8 Å². The van der Waals surface area contributed by atoms with E-state index < -0.39 is 0 Å². The second-order valence-electron chi connectivity index (χ2n) is 5.55. The molecule has 2 N–H and O–H groups in total. The Bertz CT molecular complexity index is 418. The highest BCUT2D eigenvalue weighted by atomic mass is 16.5. The molecule has 2 heterocycles. The molecule has 1 atom stereocenters. The van der Waals surface area contributed by atoms with Crippen LogP contribution in [0.1, 0.15) is 33.1 Å². The van der Waals surface area contributed by atoms with E-state index >= 15 is 0 Å². The van der Waals surface area contributed by atoms with Gasteiger partial charge in [-0.1, -0.05) is 13.8 Å². The number of pyridine rings is 1. The van der Waals surface area contributed by atoms with Crippen LogP contribution in [0.4, 0.5) is 5.69 Å². The van der Waals surface area contributed by atoms with E-state index in [0.717, 1.165) is 19.4 Å². The number of nitrogens with two attached hydrogens (primary N) is 1. The Morgan fingerprint density at radius 2 is 2.20 bits per heavy atom. The molecule has 0 aromatic carbocycles. The molecule has 1 unspecified atom stereocenters. The number of nitrogen functional groups attached to an aromatic ring is 1. The molecule has 20 heavy (non-hydrogen) atoms. The summed E-state index contributed by atoms with van der Waals surface area (Å²) in [5.41, 5.74) is 6.38. The highest BCUT2D eigenvalue weighted by molar-refractivity contribution is 5.49. The topological polar surface area (TPSA) is 66.6 Å². The maximum absolute atomic E-state index is 5.85. The van der Waals surface area contributed by atoms with Gasteiger partial charge in [-0.15, -0.1) is 0 Å². The highest BCUT2D eigenvalue weighted by Gasteiger charge is 2.15. The van der Waals surface area contributed by atoms with Gasteiger partial charge >= 0.3 is 0 Å². The molecule has 5 heteroatoms. The predicted molar refractivity (Wildman–Crippen MR) is 78.1 cm³/mol. The van der Waals surface area contributed by atoms with Crippen molar-refractivity contribution < 1.29 is 14.2 Å². The van der Waals surface area contributed by atoms with Crippen molar-refractivity contribution in [1.29, 1.82) is 0 Å². The lowest BCUT2D eigenvalue weighted by Crippen LogP contribution is -2.26. The molecule has 1 aliphatic heterocycles. The van der Waals surface area contributed by atoms with Crippen LogP contribution in [0.25, 0.3) is 0 Å². The number of ether oxygens (including phenoxy) is 3. The number of aromatic nitrogens is 1. The fourth-order valence-electron chi connectivity index (χ4n) is 1.99. The number of hydrogen-bond donors (Lipinski definition) is 1. The summed E-state index contributed by atoms with van der Waals surface area (Å²) >= 11 is 0. The summed E-state index contributed by atoms with van der Waals surface area (Å²) in [6, 6.07) is 3.53. The van der Waals surface area contributed by atoms with Crippen LogP contribution in [0.5, 0.6) is 11.8 Å². The molecule has 1 saturated heterocycles. The second-order valence-corrected chi connectivity index (χ2v) is 5.55. The summed E-state index contributed by atoms with van der Waals surface area (Å²) < 4.78 is 16.9. The average molecular weight is 280 g/mol. The largest absolute Gasteiger partial charge is 0.476 e. The van der Waals surface area contributed by atoms with Crippen molar-refractivity contribution in [3.05, 3.63) is 12.1 Å². The molecule has 0 amide bonds. The van der Waals surface area contributed by atoms with Crippen LogP contribution in [0.15, 0.2) is 12.1 Å². The van der Waals surface area contributed by atoms with E-state index in [9.17, 15) is 0 Å². The molecular formula is C15H24N2O3. The molecule has 0 radical (unpaired) electrons. The van der Waals surface area contributed by atoms with Crippen molar-refractivity contribution in [2.75, 3.05) is 25.6 Å². The highest BCUT2D eigenvalue weighted by Crippen LogP contribution is 2.23. The van der Waals surface area contributed by atoms with E-state index in [1.807, 2.05) is 0 Å². The lowest BCUT2D eigenvalue weighted by atomic mass is 10.1. The molecule has 1 aliphatic rings. The zero-order valence-corrected chi connectivity index (χ0v) is 12.3. The molecule has 0 spiro atoms. The maximum atomic E-state index is 5.85. The zero-order chi connectivity index (χ0) is 14.4. The summed E-state index contributed by atoms with van der Waals surface area (Å²) in [6.45, 7) is 6.10. The average Bonchev–Trinajstić information content (AvgIpc) is 2.46. The number of anilines is 1. The Kier molecular flexibility index (Phi) is 5.47. The molecule has 1 fully saturated rings. The van der Waals surface area contributed by atoms with E-state index in [2.05, 4.69) is 18.8 Å². The van der Waals surface area contributed by atoms with Crippen LogP contribution in [0, 0.1) is 5.92 Å². The van der Waals surface area contributed by atoms with Crippen LogP contribution < -0.4 is 15.2 Å².